The molecule has 21 heavy (non-hydrogen) atoms. The summed E-state index contributed by atoms with van der Waals surface area (Å²) in [5.74, 6) is 0. The Morgan fingerprint density at radius 3 is 1.81 bits per heavy atom. The van der Waals surface area contributed by atoms with E-state index in [0.29, 0.717) is 10.0 Å². The van der Waals surface area contributed by atoms with E-state index in [2.05, 4.69) is 26.1 Å². The maximum absolute atomic E-state index is 5.80. The van der Waals surface area contributed by atoms with Gasteiger partial charge in [-0.2, -0.15) is 0 Å². The molecule has 3 heteroatoms. The smallest absolute Gasteiger partial charge is 0.0441 e. The molecule has 1 aliphatic rings. The molecule has 1 nitrogen and oxygen atoms in total. The number of halogens is 2. The number of nitrogens with one attached hydrogen (secondary N) is 1. The minimum Gasteiger partial charge on any atom is -0.385 e. The molecule has 0 bridgehead atoms. The first-order chi connectivity index (χ1) is 10.0. The Morgan fingerprint density at radius 1 is 0.905 bits per heavy atom. The fraction of sp³-hybridized carbons (Fsp3) is 0.667. The number of benzene rings is 1. The van der Waals surface area contributed by atoms with E-state index in [1.807, 2.05) is 12.1 Å². The molecule has 0 saturated heterocycles. The van der Waals surface area contributed by atoms with Crippen molar-refractivity contribution in [2.45, 2.75) is 65.7 Å². The molecular formula is C18H29Cl2N. The summed E-state index contributed by atoms with van der Waals surface area (Å²) in [7, 11) is 0. The van der Waals surface area contributed by atoms with Crippen molar-refractivity contribution < 1.29 is 0 Å². The highest BCUT2D eigenvalue weighted by molar-refractivity contribution is 6.35. The van der Waals surface area contributed by atoms with Crippen molar-refractivity contribution in [2.24, 2.45) is 5.41 Å². The third-order valence-electron chi connectivity index (χ3n) is 3.96. The number of hydrogen-bond donors (Lipinski definition) is 1. The van der Waals surface area contributed by atoms with Crippen molar-refractivity contribution in [3.05, 3.63) is 28.2 Å². The average molecular weight is 330 g/mol. The summed E-state index contributed by atoms with van der Waals surface area (Å²) in [5, 5.41) is 4.54. The van der Waals surface area contributed by atoms with Crippen molar-refractivity contribution >= 4 is 28.9 Å². The van der Waals surface area contributed by atoms with Crippen LogP contribution >= 0.6 is 23.2 Å². The fourth-order valence-electron chi connectivity index (χ4n) is 2.79. The molecule has 0 atom stereocenters. The minimum atomic E-state index is 0.668. The molecule has 0 heterocycles. The van der Waals surface area contributed by atoms with Crippen LogP contribution in [0.25, 0.3) is 0 Å². The van der Waals surface area contributed by atoms with Crippen molar-refractivity contribution in [3.8, 4) is 0 Å². The van der Waals surface area contributed by atoms with E-state index in [9.17, 15) is 0 Å². The molecule has 1 N–H and O–H groups in total. The lowest BCUT2D eigenvalue weighted by atomic mass is 9.95. The lowest BCUT2D eigenvalue weighted by Crippen LogP contribution is -1.98. The first-order valence-corrected chi connectivity index (χ1v) is 9.01. The van der Waals surface area contributed by atoms with Gasteiger partial charge in [-0.25, -0.2) is 0 Å². The van der Waals surface area contributed by atoms with E-state index >= 15 is 0 Å². The Hall–Kier alpha value is -0.400. The largest absolute Gasteiger partial charge is 0.385 e. The van der Waals surface area contributed by atoms with Gasteiger partial charge >= 0.3 is 0 Å². The van der Waals surface area contributed by atoms with Crippen LogP contribution in [0.15, 0.2) is 18.2 Å². The summed E-state index contributed by atoms with van der Waals surface area (Å²) in [4.78, 5) is 0. The van der Waals surface area contributed by atoms with Crippen molar-refractivity contribution in [3.63, 3.8) is 0 Å². The lowest BCUT2D eigenvalue weighted by Gasteiger charge is -2.10. The van der Waals surface area contributed by atoms with Gasteiger partial charge in [-0.1, -0.05) is 56.8 Å². The van der Waals surface area contributed by atoms with Crippen molar-refractivity contribution in [1.82, 2.24) is 0 Å². The fourth-order valence-corrected chi connectivity index (χ4v) is 3.31. The first kappa shape index (κ1) is 18.6. The second-order valence-corrected chi connectivity index (χ2v) is 6.96. The van der Waals surface area contributed by atoms with Crippen molar-refractivity contribution in [2.75, 3.05) is 11.9 Å². The molecule has 0 aliphatic heterocycles. The van der Waals surface area contributed by atoms with Crippen LogP contribution in [0.5, 0.6) is 0 Å². The Kier molecular flexibility index (Phi) is 8.51. The van der Waals surface area contributed by atoms with Gasteiger partial charge in [0.05, 0.1) is 0 Å². The average Bonchev–Trinajstić information content (AvgIpc) is 3.16. The van der Waals surface area contributed by atoms with Crippen LogP contribution in [0, 0.1) is 5.41 Å². The zero-order chi connectivity index (χ0) is 15.7. The molecule has 0 unspecified atom stereocenters. The molecule has 1 aliphatic carbocycles. The lowest BCUT2D eigenvalue weighted by molar-refractivity contribution is 0.419. The van der Waals surface area contributed by atoms with Gasteiger partial charge in [0, 0.05) is 22.3 Å². The summed E-state index contributed by atoms with van der Waals surface area (Å²) in [6.07, 6.45) is 9.88. The summed E-state index contributed by atoms with van der Waals surface area (Å²) in [5.41, 5.74) is 1.83. The van der Waals surface area contributed by atoms with Gasteiger partial charge in [-0.05, 0) is 55.7 Å². The van der Waals surface area contributed by atoms with Crippen LogP contribution in [-0.4, -0.2) is 6.54 Å². The van der Waals surface area contributed by atoms with Crippen LogP contribution < -0.4 is 5.32 Å². The van der Waals surface area contributed by atoms with Crippen LogP contribution in [0.3, 0.4) is 0 Å². The maximum Gasteiger partial charge on any atom is 0.0441 e. The molecule has 120 valence electrons. The molecule has 0 aromatic heterocycles. The normalized spacial score (nSPS) is 15.1. The standard InChI is InChI=1S/C9H11Cl2N.C9H18/c1-2-3-12-9-5-7(10)4-8(11)6-9;1-3-5-9(6-4-2)7-8-9/h4-6,12H,2-3H2,1H3;3-8H2,1-2H3. The summed E-state index contributed by atoms with van der Waals surface area (Å²) >= 11 is 11.6. The van der Waals surface area contributed by atoms with E-state index in [1.54, 1.807) is 6.07 Å². The Labute approximate surface area is 140 Å². The predicted molar refractivity (Wildman–Crippen MR) is 96.7 cm³/mol. The monoisotopic (exact) mass is 329 g/mol. The predicted octanol–water partition coefficient (Wildman–Crippen LogP) is 7.18. The van der Waals surface area contributed by atoms with Gasteiger partial charge in [0.2, 0.25) is 0 Å². The first-order valence-electron chi connectivity index (χ1n) is 8.25. The Balaban J connectivity index is 0.000000219. The Bertz CT molecular complexity index is 385. The highest BCUT2D eigenvalue weighted by Crippen LogP contribution is 2.53. The highest BCUT2D eigenvalue weighted by Gasteiger charge is 2.39. The second kappa shape index (κ2) is 9.58. The molecule has 0 spiro atoms. The quantitative estimate of drug-likeness (QED) is 0.558. The van der Waals surface area contributed by atoms with Crippen LogP contribution in [0.1, 0.15) is 65.7 Å². The van der Waals surface area contributed by atoms with E-state index < -0.39 is 0 Å². The molecule has 0 radical (unpaired) electrons. The van der Waals surface area contributed by atoms with Crippen LogP contribution in [-0.2, 0) is 0 Å². The molecule has 1 aromatic carbocycles. The van der Waals surface area contributed by atoms with Gasteiger partial charge in [0.15, 0.2) is 0 Å². The van der Waals surface area contributed by atoms with E-state index in [4.69, 9.17) is 23.2 Å². The van der Waals surface area contributed by atoms with Gasteiger partial charge in [0.25, 0.3) is 0 Å². The van der Waals surface area contributed by atoms with Gasteiger partial charge < -0.3 is 5.32 Å². The zero-order valence-corrected chi connectivity index (χ0v) is 15.2. The molecule has 1 aromatic rings. The summed E-state index contributed by atoms with van der Waals surface area (Å²) in [6, 6.07) is 5.45. The summed E-state index contributed by atoms with van der Waals surface area (Å²) < 4.78 is 0. The van der Waals surface area contributed by atoms with E-state index in [1.165, 1.54) is 38.5 Å². The molecule has 0 amide bonds. The third kappa shape index (κ3) is 7.42. The van der Waals surface area contributed by atoms with Crippen LogP contribution in [0.2, 0.25) is 10.0 Å². The highest BCUT2D eigenvalue weighted by atomic mass is 35.5. The molecule has 2 rings (SSSR count). The number of hydrogen-bond acceptors (Lipinski definition) is 1. The van der Waals surface area contributed by atoms with Crippen molar-refractivity contribution in [1.29, 1.82) is 0 Å². The van der Waals surface area contributed by atoms with Gasteiger partial charge in [-0.3, -0.25) is 0 Å². The minimum absolute atomic E-state index is 0.668. The van der Waals surface area contributed by atoms with Crippen LogP contribution in [0.4, 0.5) is 5.69 Å². The zero-order valence-electron chi connectivity index (χ0n) is 13.6. The van der Waals surface area contributed by atoms with Gasteiger partial charge in [0.1, 0.15) is 0 Å². The summed E-state index contributed by atoms with van der Waals surface area (Å²) in [6.45, 7) is 7.65. The topological polar surface area (TPSA) is 12.0 Å². The van der Waals surface area contributed by atoms with E-state index in [-0.39, 0.29) is 0 Å². The molecular weight excluding hydrogens is 301 g/mol. The van der Waals surface area contributed by atoms with Gasteiger partial charge in [-0.15, -0.1) is 0 Å². The second-order valence-electron chi connectivity index (χ2n) is 6.08. The SMILES string of the molecule is CCCC1(CCC)CC1.CCCNc1cc(Cl)cc(Cl)c1. The number of rotatable bonds is 7. The Morgan fingerprint density at radius 2 is 1.43 bits per heavy atom. The third-order valence-corrected chi connectivity index (χ3v) is 4.40. The maximum atomic E-state index is 5.80. The molecule has 1 fully saturated rings. The van der Waals surface area contributed by atoms with E-state index in [0.717, 1.165) is 24.1 Å². The molecule has 1 saturated carbocycles. The number of anilines is 1.